The predicted octanol–water partition coefficient (Wildman–Crippen LogP) is 2.12. The second kappa shape index (κ2) is 6.55. The highest BCUT2D eigenvalue weighted by Gasteiger charge is 1.99. The average Bonchev–Trinajstić information content (AvgIpc) is 2.19. The van der Waals surface area contributed by atoms with Crippen molar-refractivity contribution in [3.63, 3.8) is 0 Å². The largest absolute Gasteiger partial charge is 0.508 e. The summed E-state index contributed by atoms with van der Waals surface area (Å²) in [5, 5.41) is 17.1. The third kappa shape index (κ3) is 4.83. The van der Waals surface area contributed by atoms with E-state index in [1.54, 1.807) is 0 Å². The van der Waals surface area contributed by atoms with Crippen LogP contribution in [0.5, 0.6) is 5.75 Å². The number of aromatic carboxylic acids is 1. The molecule has 1 aromatic rings. The molecule has 0 saturated heterocycles. The van der Waals surface area contributed by atoms with E-state index in [1.165, 1.54) is 24.3 Å². The van der Waals surface area contributed by atoms with E-state index < -0.39 is 5.97 Å². The lowest BCUT2D eigenvalue weighted by atomic mass is 10.2. The number of carboxylic acid groups (broad SMARTS) is 1. The molecule has 0 spiro atoms. The Morgan fingerprint density at radius 1 is 1.43 bits per heavy atom. The number of aromatic hydroxyl groups is 1. The number of phenols is 1. The summed E-state index contributed by atoms with van der Waals surface area (Å²) in [7, 11) is 0. The zero-order valence-electron chi connectivity index (χ0n) is 7.90. The van der Waals surface area contributed by atoms with Crippen molar-refractivity contribution in [2.45, 2.75) is 13.3 Å². The molecule has 0 aliphatic rings. The highest BCUT2D eigenvalue weighted by molar-refractivity contribution is 5.87. The topological polar surface area (TPSA) is 57.5 Å². The first-order valence-corrected chi connectivity index (χ1v) is 4.07. The Morgan fingerprint density at radius 3 is 2.14 bits per heavy atom. The second-order valence-corrected chi connectivity index (χ2v) is 2.41. The van der Waals surface area contributed by atoms with Crippen molar-refractivity contribution >= 4 is 5.97 Å². The van der Waals surface area contributed by atoms with Crippen LogP contribution >= 0.6 is 0 Å². The maximum absolute atomic E-state index is 10.2. The molecule has 3 heteroatoms. The monoisotopic (exact) mass is 192 g/mol. The van der Waals surface area contributed by atoms with Gasteiger partial charge < -0.3 is 10.2 Å². The molecule has 0 bridgehead atoms. The predicted molar refractivity (Wildman–Crippen MR) is 54.2 cm³/mol. The summed E-state index contributed by atoms with van der Waals surface area (Å²) in [5.41, 5.74) is 0.179. The van der Waals surface area contributed by atoms with Gasteiger partial charge in [0.15, 0.2) is 0 Å². The fraction of sp³-hybridized carbons (Fsp3) is 0.182. The molecule has 14 heavy (non-hydrogen) atoms. The SMILES string of the molecule is C#CCC.O=C(O)c1ccc(O)cc1. The van der Waals surface area contributed by atoms with Gasteiger partial charge in [-0.25, -0.2) is 4.79 Å². The number of hydrogen-bond donors (Lipinski definition) is 2. The van der Waals surface area contributed by atoms with Crippen LogP contribution in [0.15, 0.2) is 24.3 Å². The van der Waals surface area contributed by atoms with E-state index >= 15 is 0 Å². The second-order valence-electron chi connectivity index (χ2n) is 2.41. The van der Waals surface area contributed by atoms with Gasteiger partial charge in [0, 0.05) is 6.42 Å². The van der Waals surface area contributed by atoms with Crippen LogP contribution in [0.25, 0.3) is 0 Å². The third-order valence-electron chi connectivity index (χ3n) is 1.32. The molecular formula is C11H12O3. The zero-order valence-corrected chi connectivity index (χ0v) is 7.90. The van der Waals surface area contributed by atoms with Gasteiger partial charge in [0.1, 0.15) is 5.75 Å². The molecule has 74 valence electrons. The van der Waals surface area contributed by atoms with Crippen molar-refractivity contribution in [1.29, 1.82) is 0 Å². The number of terminal acetylenes is 1. The van der Waals surface area contributed by atoms with E-state index in [0.717, 1.165) is 6.42 Å². The first-order chi connectivity index (χ1) is 6.61. The van der Waals surface area contributed by atoms with E-state index in [9.17, 15) is 4.79 Å². The smallest absolute Gasteiger partial charge is 0.335 e. The van der Waals surface area contributed by atoms with Crippen LogP contribution in [0.1, 0.15) is 23.7 Å². The van der Waals surface area contributed by atoms with Gasteiger partial charge in [-0.05, 0) is 24.3 Å². The molecule has 0 radical (unpaired) electrons. The number of hydrogen-bond acceptors (Lipinski definition) is 2. The summed E-state index contributed by atoms with van der Waals surface area (Å²) < 4.78 is 0. The van der Waals surface area contributed by atoms with Gasteiger partial charge in [-0.3, -0.25) is 0 Å². The summed E-state index contributed by atoms with van der Waals surface area (Å²) in [4.78, 5) is 10.2. The molecule has 0 heterocycles. The highest BCUT2D eigenvalue weighted by atomic mass is 16.4. The van der Waals surface area contributed by atoms with Crippen LogP contribution in [-0.2, 0) is 0 Å². The summed E-state index contributed by atoms with van der Waals surface area (Å²) in [6.07, 6.45) is 5.62. The summed E-state index contributed by atoms with van der Waals surface area (Å²) >= 11 is 0. The van der Waals surface area contributed by atoms with Crippen molar-refractivity contribution in [1.82, 2.24) is 0 Å². The lowest BCUT2D eigenvalue weighted by molar-refractivity contribution is 0.0697. The molecule has 0 aliphatic heterocycles. The molecule has 0 unspecified atom stereocenters. The molecule has 0 amide bonds. The first-order valence-electron chi connectivity index (χ1n) is 4.07. The van der Waals surface area contributed by atoms with Crippen LogP contribution < -0.4 is 0 Å². The van der Waals surface area contributed by atoms with Crippen LogP contribution in [0.4, 0.5) is 0 Å². The zero-order chi connectivity index (χ0) is 11.0. The van der Waals surface area contributed by atoms with Gasteiger partial charge in [0.25, 0.3) is 0 Å². The standard InChI is InChI=1S/C7H6O3.C4H6/c8-6-3-1-5(2-4-6)7(9)10;1-3-4-2/h1-4,8H,(H,9,10);1H,4H2,2H3. The highest BCUT2D eigenvalue weighted by Crippen LogP contribution is 2.08. The molecule has 1 aromatic carbocycles. The molecule has 1 rings (SSSR count). The Kier molecular flexibility index (Phi) is 5.64. The van der Waals surface area contributed by atoms with Crippen molar-refractivity contribution in [3.8, 4) is 18.1 Å². The number of carbonyl (C=O) groups is 1. The van der Waals surface area contributed by atoms with Crippen LogP contribution in [0.2, 0.25) is 0 Å². The Labute approximate surface area is 83.0 Å². The summed E-state index contributed by atoms with van der Waals surface area (Å²) in [6, 6.07) is 5.36. The Balaban J connectivity index is 0.000000364. The lowest BCUT2D eigenvalue weighted by Gasteiger charge is -1.92. The molecule has 2 N–H and O–H groups in total. The van der Waals surface area contributed by atoms with Crippen LogP contribution in [0.3, 0.4) is 0 Å². The van der Waals surface area contributed by atoms with E-state index in [2.05, 4.69) is 5.92 Å². The van der Waals surface area contributed by atoms with E-state index in [0.29, 0.717) is 0 Å². The quantitative estimate of drug-likeness (QED) is 0.670. The van der Waals surface area contributed by atoms with E-state index in [-0.39, 0.29) is 11.3 Å². The fourth-order valence-corrected chi connectivity index (χ4v) is 0.604. The molecule has 0 aromatic heterocycles. The lowest BCUT2D eigenvalue weighted by Crippen LogP contribution is -1.93. The van der Waals surface area contributed by atoms with Gasteiger partial charge in [-0.2, -0.15) is 0 Å². The number of phenolic OH excluding ortho intramolecular Hbond substituents is 1. The van der Waals surface area contributed by atoms with E-state index in [4.69, 9.17) is 16.6 Å². The maximum atomic E-state index is 10.2. The Morgan fingerprint density at radius 2 is 1.86 bits per heavy atom. The molecular weight excluding hydrogens is 180 g/mol. The minimum absolute atomic E-state index is 0.0741. The van der Waals surface area contributed by atoms with Crippen LogP contribution in [-0.4, -0.2) is 16.2 Å². The van der Waals surface area contributed by atoms with Gasteiger partial charge in [0.2, 0.25) is 0 Å². The molecule has 3 nitrogen and oxygen atoms in total. The average molecular weight is 192 g/mol. The molecule has 0 fully saturated rings. The van der Waals surface area contributed by atoms with Crippen molar-refractivity contribution in [2.24, 2.45) is 0 Å². The molecule has 0 saturated carbocycles. The molecule has 0 atom stereocenters. The van der Waals surface area contributed by atoms with Crippen LogP contribution in [0, 0.1) is 12.3 Å². The fourth-order valence-electron chi connectivity index (χ4n) is 0.604. The first kappa shape index (κ1) is 12.0. The third-order valence-corrected chi connectivity index (χ3v) is 1.32. The van der Waals surface area contributed by atoms with Gasteiger partial charge in [-0.15, -0.1) is 12.3 Å². The normalized spacial score (nSPS) is 8.00. The van der Waals surface area contributed by atoms with Crippen molar-refractivity contribution in [2.75, 3.05) is 0 Å². The van der Waals surface area contributed by atoms with E-state index in [1.807, 2.05) is 6.92 Å². The molecule has 0 aliphatic carbocycles. The van der Waals surface area contributed by atoms with Gasteiger partial charge in [0.05, 0.1) is 5.56 Å². The number of rotatable bonds is 1. The Bertz CT molecular complexity index is 319. The van der Waals surface area contributed by atoms with Crippen molar-refractivity contribution in [3.05, 3.63) is 29.8 Å². The van der Waals surface area contributed by atoms with Gasteiger partial charge >= 0.3 is 5.97 Å². The number of benzene rings is 1. The summed E-state index contributed by atoms with van der Waals surface area (Å²) in [5.74, 6) is 1.52. The minimum Gasteiger partial charge on any atom is -0.508 e. The minimum atomic E-state index is -0.986. The van der Waals surface area contributed by atoms with Crippen molar-refractivity contribution < 1.29 is 15.0 Å². The maximum Gasteiger partial charge on any atom is 0.335 e. The number of carboxylic acids is 1. The Hall–Kier alpha value is -1.95. The summed E-state index contributed by atoms with van der Waals surface area (Å²) in [6.45, 7) is 1.94. The van der Waals surface area contributed by atoms with Gasteiger partial charge in [-0.1, -0.05) is 6.92 Å².